The fraction of sp³-hybridized carbons (Fsp3) is 0.294. The minimum Gasteiger partial charge on any atom is -0.335 e. The summed E-state index contributed by atoms with van der Waals surface area (Å²) in [6.07, 6.45) is 0. The number of carbonyl (C=O) groups is 2. The molecule has 2 aromatic rings. The van der Waals surface area contributed by atoms with Crippen molar-refractivity contribution in [2.75, 3.05) is 26.2 Å². The molecular weight excluding hydrogens is 332 g/mol. The van der Waals surface area contributed by atoms with Crippen molar-refractivity contribution < 1.29 is 9.59 Å². The summed E-state index contributed by atoms with van der Waals surface area (Å²) < 4.78 is 0. The summed E-state index contributed by atoms with van der Waals surface area (Å²) in [7, 11) is 0. The normalized spacial score (nSPS) is 14.9. The van der Waals surface area contributed by atoms with Gasteiger partial charge in [-0.15, -0.1) is 11.3 Å². The standard InChI is InChI=1S/C17H17ClN2O2S/c1-12-2-7-15(23-12)17(22)20-10-8-19(9-11-20)16(21)13-3-5-14(18)6-4-13/h2-7H,8-11H2,1H3. The second kappa shape index (κ2) is 6.72. The Labute approximate surface area is 144 Å². The molecule has 0 spiro atoms. The predicted octanol–water partition coefficient (Wildman–Crippen LogP) is 3.31. The minimum atomic E-state index is -0.0132. The van der Waals surface area contributed by atoms with Crippen molar-refractivity contribution in [2.45, 2.75) is 6.92 Å². The van der Waals surface area contributed by atoms with E-state index < -0.39 is 0 Å². The second-order valence-corrected chi connectivity index (χ2v) is 7.23. The SMILES string of the molecule is Cc1ccc(C(=O)N2CCN(C(=O)c3ccc(Cl)cc3)CC2)s1. The van der Waals surface area contributed by atoms with Crippen LogP contribution in [0.5, 0.6) is 0 Å². The summed E-state index contributed by atoms with van der Waals surface area (Å²) >= 11 is 7.36. The van der Waals surface area contributed by atoms with Crippen molar-refractivity contribution in [3.05, 3.63) is 56.7 Å². The van der Waals surface area contributed by atoms with E-state index in [0.29, 0.717) is 36.8 Å². The quantitative estimate of drug-likeness (QED) is 0.835. The number of aryl methyl sites for hydroxylation is 1. The lowest BCUT2D eigenvalue weighted by Gasteiger charge is -2.34. The van der Waals surface area contributed by atoms with Gasteiger partial charge in [-0.3, -0.25) is 9.59 Å². The summed E-state index contributed by atoms with van der Waals surface area (Å²) in [4.78, 5) is 30.4. The largest absolute Gasteiger partial charge is 0.335 e. The zero-order valence-corrected chi connectivity index (χ0v) is 14.4. The average Bonchev–Trinajstić information content (AvgIpc) is 3.01. The van der Waals surface area contributed by atoms with E-state index in [1.54, 1.807) is 29.2 Å². The van der Waals surface area contributed by atoms with Crippen molar-refractivity contribution >= 4 is 34.8 Å². The van der Waals surface area contributed by atoms with Crippen LogP contribution in [0, 0.1) is 6.92 Å². The molecule has 0 atom stereocenters. The molecule has 1 aromatic carbocycles. The Morgan fingerprint density at radius 1 is 0.913 bits per heavy atom. The highest BCUT2D eigenvalue weighted by Crippen LogP contribution is 2.19. The predicted molar refractivity (Wildman–Crippen MR) is 92.3 cm³/mol. The maximum Gasteiger partial charge on any atom is 0.264 e. The molecule has 1 fully saturated rings. The maximum atomic E-state index is 12.4. The van der Waals surface area contributed by atoms with Gasteiger partial charge in [0.2, 0.25) is 0 Å². The number of nitrogens with zero attached hydrogens (tertiary/aromatic N) is 2. The third-order valence-corrected chi connectivity index (χ3v) is 5.14. The van der Waals surface area contributed by atoms with E-state index in [0.717, 1.165) is 9.75 Å². The van der Waals surface area contributed by atoms with Gasteiger partial charge < -0.3 is 9.80 Å². The Kier molecular flexibility index (Phi) is 4.68. The molecule has 0 N–H and O–H groups in total. The fourth-order valence-corrected chi connectivity index (χ4v) is 3.55. The van der Waals surface area contributed by atoms with Crippen LogP contribution in [0.4, 0.5) is 0 Å². The molecule has 1 aliphatic heterocycles. The van der Waals surface area contributed by atoms with Gasteiger partial charge in [-0.1, -0.05) is 11.6 Å². The molecule has 2 amide bonds. The van der Waals surface area contributed by atoms with Gasteiger partial charge in [0.15, 0.2) is 0 Å². The molecule has 2 heterocycles. The molecule has 23 heavy (non-hydrogen) atoms. The summed E-state index contributed by atoms with van der Waals surface area (Å²) in [5.41, 5.74) is 0.628. The smallest absolute Gasteiger partial charge is 0.264 e. The monoisotopic (exact) mass is 348 g/mol. The number of rotatable bonds is 2. The van der Waals surface area contributed by atoms with Gasteiger partial charge in [0.1, 0.15) is 0 Å². The summed E-state index contributed by atoms with van der Waals surface area (Å²) in [5.74, 6) is 0.0439. The van der Waals surface area contributed by atoms with E-state index in [2.05, 4.69) is 0 Å². The van der Waals surface area contributed by atoms with Crippen molar-refractivity contribution in [3.8, 4) is 0 Å². The first-order valence-electron chi connectivity index (χ1n) is 7.45. The third kappa shape index (κ3) is 3.57. The van der Waals surface area contributed by atoms with E-state index in [1.807, 2.05) is 24.0 Å². The number of hydrogen-bond acceptors (Lipinski definition) is 3. The molecule has 1 saturated heterocycles. The number of halogens is 1. The van der Waals surface area contributed by atoms with Crippen LogP contribution in [0.3, 0.4) is 0 Å². The molecule has 0 saturated carbocycles. The fourth-order valence-electron chi connectivity index (χ4n) is 2.59. The van der Waals surface area contributed by atoms with E-state index in [9.17, 15) is 9.59 Å². The highest BCUT2D eigenvalue weighted by molar-refractivity contribution is 7.13. The van der Waals surface area contributed by atoms with Crippen molar-refractivity contribution in [1.29, 1.82) is 0 Å². The summed E-state index contributed by atoms with van der Waals surface area (Å²) in [5, 5.41) is 0.614. The van der Waals surface area contributed by atoms with Crippen LogP contribution in [0.2, 0.25) is 5.02 Å². The first-order chi connectivity index (χ1) is 11.0. The summed E-state index contributed by atoms with van der Waals surface area (Å²) in [6.45, 7) is 4.23. The van der Waals surface area contributed by atoms with E-state index >= 15 is 0 Å². The summed E-state index contributed by atoms with van der Waals surface area (Å²) in [6, 6.07) is 10.7. The van der Waals surface area contributed by atoms with Crippen LogP contribution in [0.15, 0.2) is 36.4 Å². The van der Waals surface area contributed by atoms with Crippen molar-refractivity contribution in [1.82, 2.24) is 9.80 Å². The molecule has 6 heteroatoms. The Balaban J connectivity index is 1.61. The molecule has 3 rings (SSSR count). The van der Waals surface area contributed by atoms with Crippen molar-refractivity contribution in [3.63, 3.8) is 0 Å². The van der Waals surface area contributed by atoms with E-state index in [-0.39, 0.29) is 11.8 Å². The lowest BCUT2D eigenvalue weighted by atomic mass is 10.2. The number of benzene rings is 1. The lowest BCUT2D eigenvalue weighted by Crippen LogP contribution is -2.50. The topological polar surface area (TPSA) is 40.6 Å². The van der Waals surface area contributed by atoms with Crippen LogP contribution in [0.25, 0.3) is 0 Å². The van der Waals surface area contributed by atoms with Gasteiger partial charge in [0, 0.05) is 41.6 Å². The van der Waals surface area contributed by atoms with Crippen LogP contribution < -0.4 is 0 Å². The van der Waals surface area contributed by atoms with Crippen molar-refractivity contribution in [2.24, 2.45) is 0 Å². The van der Waals surface area contributed by atoms with Gasteiger partial charge in [-0.05, 0) is 43.3 Å². The molecular formula is C17H17ClN2O2S. The van der Waals surface area contributed by atoms with Gasteiger partial charge in [0.25, 0.3) is 11.8 Å². The zero-order chi connectivity index (χ0) is 16.4. The average molecular weight is 349 g/mol. The minimum absolute atomic E-state index is 0.0132. The molecule has 4 nitrogen and oxygen atoms in total. The maximum absolute atomic E-state index is 12.4. The zero-order valence-electron chi connectivity index (χ0n) is 12.8. The number of carbonyl (C=O) groups excluding carboxylic acids is 2. The van der Waals surface area contributed by atoms with Gasteiger partial charge in [0.05, 0.1) is 4.88 Å². The first-order valence-corrected chi connectivity index (χ1v) is 8.64. The lowest BCUT2D eigenvalue weighted by molar-refractivity contribution is 0.0538. The van der Waals surface area contributed by atoms with Crippen LogP contribution >= 0.6 is 22.9 Å². The number of amides is 2. The molecule has 0 aliphatic carbocycles. The Bertz CT molecular complexity index is 718. The third-order valence-electron chi connectivity index (χ3n) is 3.90. The second-order valence-electron chi connectivity index (χ2n) is 5.50. The van der Waals surface area contributed by atoms with E-state index in [1.165, 1.54) is 11.3 Å². The van der Waals surface area contributed by atoms with E-state index in [4.69, 9.17) is 11.6 Å². The van der Waals surface area contributed by atoms with Crippen LogP contribution in [-0.4, -0.2) is 47.8 Å². The van der Waals surface area contributed by atoms with Crippen LogP contribution in [-0.2, 0) is 0 Å². The highest BCUT2D eigenvalue weighted by atomic mass is 35.5. The van der Waals surface area contributed by atoms with Gasteiger partial charge in [-0.2, -0.15) is 0 Å². The van der Waals surface area contributed by atoms with Gasteiger partial charge in [-0.25, -0.2) is 0 Å². The molecule has 0 radical (unpaired) electrons. The molecule has 0 bridgehead atoms. The Hall–Kier alpha value is -1.85. The Morgan fingerprint density at radius 2 is 1.48 bits per heavy atom. The molecule has 0 unspecified atom stereocenters. The van der Waals surface area contributed by atoms with Crippen LogP contribution in [0.1, 0.15) is 24.9 Å². The number of thiophene rings is 1. The molecule has 1 aromatic heterocycles. The van der Waals surface area contributed by atoms with Gasteiger partial charge >= 0.3 is 0 Å². The number of hydrogen-bond donors (Lipinski definition) is 0. The number of piperazine rings is 1. The molecule has 120 valence electrons. The molecule has 1 aliphatic rings. The Morgan fingerprint density at radius 3 is 2.00 bits per heavy atom. The highest BCUT2D eigenvalue weighted by Gasteiger charge is 2.26. The first kappa shape index (κ1) is 16.0.